The van der Waals surface area contributed by atoms with E-state index in [0.29, 0.717) is 23.9 Å². The number of aromatic amines is 1. The van der Waals surface area contributed by atoms with Crippen molar-refractivity contribution in [1.29, 1.82) is 0 Å². The van der Waals surface area contributed by atoms with Crippen LogP contribution < -0.4 is 15.2 Å². The first kappa shape index (κ1) is 19.2. The van der Waals surface area contributed by atoms with Crippen molar-refractivity contribution in [2.45, 2.75) is 24.7 Å². The summed E-state index contributed by atoms with van der Waals surface area (Å²) >= 11 is 0. The van der Waals surface area contributed by atoms with E-state index in [1.165, 1.54) is 19.2 Å². The summed E-state index contributed by atoms with van der Waals surface area (Å²) in [6, 6.07) is 11.9. The van der Waals surface area contributed by atoms with E-state index < -0.39 is 15.9 Å². The highest BCUT2D eigenvalue weighted by atomic mass is 32.2. The highest BCUT2D eigenvalue weighted by Crippen LogP contribution is 2.29. The Morgan fingerprint density at radius 3 is 2.72 bits per heavy atom. The molecule has 0 spiro atoms. The molecule has 9 heteroatoms. The van der Waals surface area contributed by atoms with Crippen LogP contribution in [0.4, 0.5) is 5.69 Å². The predicted octanol–water partition coefficient (Wildman–Crippen LogP) is 2.09. The SMILES string of the molecule is CC(=O)N1CCCc2cc(S(=O)(=O)NNC(=O)c3c[nH]c4ccccc34)ccc21. The number of H-pyrrole nitrogens is 1. The zero-order valence-electron chi connectivity index (χ0n) is 15.7. The maximum Gasteiger partial charge on any atom is 0.268 e. The second-order valence-corrected chi connectivity index (χ2v) is 8.55. The lowest BCUT2D eigenvalue weighted by atomic mass is 10.0. The maximum absolute atomic E-state index is 12.7. The summed E-state index contributed by atoms with van der Waals surface area (Å²) in [5.41, 5.74) is 4.90. The van der Waals surface area contributed by atoms with Gasteiger partial charge >= 0.3 is 0 Å². The summed E-state index contributed by atoms with van der Waals surface area (Å²) in [6.45, 7) is 2.11. The third kappa shape index (κ3) is 3.62. The Morgan fingerprint density at radius 2 is 1.93 bits per heavy atom. The van der Waals surface area contributed by atoms with Gasteiger partial charge in [0.2, 0.25) is 5.91 Å². The number of anilines is 1. The number of para-hydroxylation sites is 1. The number of amides is 2. The van der Waals surface area contributed by atoms with E-state index in [1.807, 2.05) is 12.1 Å². The number of hydrazine groups is 1. The summed E-state index contributed by atoms with van der Waals surface area (Å²) in [5, 5.41) is 0.697. The lowest BCUT2D eigenvalue weighted by Crippen LogP contribution is -2.41. The monoisotopic (exact) mass is 412 g/mol. The fraction of sp³-hybridized carbons (Fsp3) is 0.200. The molecule has 1 aliphatic heterocycles. The van der Waals surface area contributed by atoms with Crippen LogP contribution in [0.5, 0.6) is 0 Å². The van der Waals surface area contributed by atoms with Crippen molar-refractivity contribution >= 4 is 38.4 Å². The number of aryl methyl sites for hydroxylation is 1. The standard InChI is InChI=1S/C20H20N4O4S/c1-13(25)24-10-4-5-14-11-15(8-9-19(14)24)29(27,28)23-22-20(26)17-12-21-18-7-3-2-6-16(17)18/h2-3,6-9,11-12,21,23H,4-5,10H2,1H3,(H,22,26). The molecule has 1 aliphatic rings. The molecule has 2 heterocycles. The molecule has 2 amide bonds. The third-order valence-electron chi connectivity index (χ3n) is 4.99. The van der Waals surface area contributed by atoms with E-state index >= 15 is 0 Å². The molecule has 0 radical (unpaired) electrons. The highest BCUT2D eigenvalue weighted by molar-refractivity contribution is 7.89. The molecule has 0 atom stereocenters. The van der Waals surface area contributed by atoms with E-state index in [-0.39, 0.29) is 10.8 Å². The average molecular weight is 412 g/mol. The van der Waals surface area contributed by atoms with Crippen LogP contribution in [0.1, 0.15) is 29.3 Å². The fourth-order valence-electron chi connectivity index (χ4n) is 3.57. The Balaban J connectivity index is 1.53. The second-order valence-electron chi connectivity index (χ2n) is 6.87. The first-order valence-electron chi connectivity index (χ1n) is 9.16. The first-order valence-corrected chi connectivity index (χ1v) is 10.6. The van der Waals surface area contributed by atoms with Crippen molar-refractivity contribution in [2.75, 3.05) is 11.4 Å². The zero-order valence-corrected chi connectivity index (χ0v) is 16.5. The normalized spacial score (nSPS) is 13.9. The topological polar surface area (TPSA) is 111 Å². The number of benzene rings is 2. The molecule has 8 nitrogen and oxygen atoms in total. The van der Waals surface area contributed by atoms with E-state index in [9.17, 15) is 18.0 Å². The van der Waals surface area contributed by atoms with Crippen molar-refractivity contribution in [3.63, 3.8) is 0 Å². The van der Waals surface area contributed by atoms with Gasteiger partial charge in [0.25, 0.3) is 15.9 Å². The minimum Gasteiger partial charge on any atom is -0.360 e. The summed E-state index contributed by atoms with van der Waals surface area (Å²) in [6.07, 6.45) is 2.98. The first-order chi connectivity index (χ1) is 13.9. The Morgan fingerprint density at radius 1 is 1.14 bits per heavy atom. The Labute approximate surface area is 167 Å². The molecule has 3 aromatic rings. The number of hydrogen-bond donors (Lipinski definition) is 3. The Bertz CT molecular complexity index is 1220. The fourth-order valence-corrected chi connectivity index (χ4v) is 4.46. The van der Waals surface area contributed by atoms with Crippen LogP contribution in [0.3, 0.4) is 0 Å². The van der Waals surface area contributed by atoms with Crippen LogP contribution in [-0.4, -0.2) is 31.8 Å². The molecular weight excluding hydrogens is 392 g/mol. The van der Waals surface area contributed by atoms with Gasteiger partial charge in [-0.25, -0.2) is 8.42 Å². The van der Waals surface area contributed by atoms with E-state index in [4.69, 9.17) is 0 Å². The number of carbonyl (C=O) groups excluding carboxylic acids is 2. The number of nitrogens with one attached hydrogen (secondary N) is 3. The molecule has 0 saturated heterocycles. The molecule has 0 fully saturated rings. The van der Waals surface area contributed by atoms with Crippen LogP contribution in [-0.2, 0) is 21.2 Å². The number of nitrogens with zero attached hydrogens (tertiary/aromatic N) is 1. The van der Waals surface area contributed by atoms with E-state index in [1.54, 1.807) is 29.2 Å². The quantitative estimate of drug-likeness (QED) is 0.570. The van der Waals surface area contributed by atoms with Crippen molar-refractivity contribution in [3.8, 4) is 0 Å². The predicted molar refractivity (Wildman–Crippen MR) is 109 cm³/mol. The number of fused-ring (bicyclic) bond motifs is 2. The van der Waals surface area contributed by atoms with Gasteiger partial charge in [-0.1, -0.05) is 18.2 Å². The van der Waals surface area contributed by atoms with Crippen LogP contribution in [0.25, 0.3) is 10.9 Å². The van der Waals surface area contributed by atoms with Crippen molar-refractivity contribution in [3.05, 3.63) is 59.8 Å². The van der Waals surface area contributed by atoms with Gasteiger partial charge in [0, 0.05) is 36.3 Å². The molecule has 0 unspecified atom stereocenters. The van der Waals surface area contributed by atoms with Gasteiger partial charge in [-0.05, 0) is 42.7 Å². The zero-order chi connectivity index (χ0) is 20.6. The van der Waals surface area contributed by atoms with E-state index in [0.717, 1.165) is 23.2 Å². The number of aromatic nitrogens is 1. The Hall–Kier alpha value is -3.17. The van der Waals surface area contributed by atoms with Crippen LogP contribution in [0.15, 0.2) is 53.6 Å². The molecule has 29 heavy (non-hydrogen) atoms. The molecule has 0 saturated carbocycles. The third-order valence-corrected chi connectivity index (χ3v) is 6.24. The molecule has 150 valence electrons. The number of carbonyl (C=O) groups is 2. The lowest BCUT2D eigenvalue weighted by molar-refractivity contribution is -0.116. The molecule has 2 aromatic carbocycles. The average Bonchev–Trinajstić information content (AvgIpc) is 3.15. The molecule has 4 rings (SSSR count). The minimum absolute atomic E-state index is 0.0286. The molecule has 3 N–H and O–H groups in total. The molecule has 0 aliphatic carbocycles. The van der Waals surface area contributed by atoms with Crippen LogP contribution in [0.2, 0.25) is 0 Å². The van der Waals surface area contributed by atoms with Crippen LogP contribution in [0, 0.1) is 0 Å². The lowest BCUT2D eigenvalue weighted by Gasteiger charge is -2.28. The van der Waals surface area contributed by atoms with Gasteiger partial charge in [-0.15, -0.1) is 4.83 Å². The van der Waals surface area contributed by atoms with Gasteiger partial charge in [-0.3, -0.25) is 15.0 Å². The van der Waals surface area contributed by atoms with Gasteiger partial charge in [0.15, 0.2) is 0 Å². The van der Waals surface area contributed by atoms with Gasteiger partial charge < -0.3 is 9.88 Å². The maximum atomic E-state index is 12.7. The molecular formula is C20H20N4O4S. The Kier molecular flexibility index (Phi) is 4.85. The summed E-state index contributed by atoms with van der Waals surface area (Å²) < 4.78 is 25.3. The van der Waals surface area contributed by atoms with Crippen molar-refractivity contribution < 1.29 is 18.0 Å². The number of sulfonamides is 1. The molecule has 0 bridgehead atoms. The van der Waals surface area contributed by atoms with Crippen molar-refractivity contribution in [2.24, 2.45) is 0 Å². The van der Waals surface area contributed by atoms with Gasteiger partial charge in [0.1, 0.15) is 0 Å². The minimum atomic E-state index is -3.97. The van der Waals surface area contributed by atoms with Gasteiger partial charge in [0.05, 0.1) is 10.5 Å². The summed E-state index contributed by atoms with van der Waals surface area (Å²) in [5.74, 6) is -0.641. The summed E-state index contributed by atoms with van der Waals surface area (Å²) in [7, 11) is -3.97. The number of rotatable bonds is 4. The van der Waals surface area contributed by atoms with E-state index in [2.05, 4.69) is 15.2 Å². The highest BCUT2D eigenvalue weighted by Gasteiger charge is 2.23. The van der Waals surface area contributed by atoms with Crippen molar-refractivity contribution in [1.82, 2.24) is 15.2 Å². The van der Waals surface area contributed by atoms with Crippen LogP contribution >= 0.6 is 0 Å². The summed E-state index contributed by atoms with van der Waals surface area (Å²) in [4.78, 5) is 31.0. The van der Waals surface area contributed by atoms with Gasteiger partial charge in [-0.2, -0.15) is 0 Å². The smallest absolute Gasteiger partial charge is 0.268 e. The molecule has 1 aromatic heterocycles. The number of hydrogen-bond acceptors (Lipinski definition) is 4. The second kappa shape index (κ2) is 7.34. The largest absolute Gasteiger partial charge is 0.360 e.